The van der Waals surface area contributed by atoms with E-state index >= 15 is 0 Å². The van der Waals surface area contributed by atoms with Gasteiger partial charge in [0.15, 0.2) is 0 Å². The van der Waals surface area contributed by atoms with Crippen molar-refractivity contribution in [2.24, 2.45) is 0 Å². The van der Waals surface area contributed by atoms with Gasteiger partial charge in [-0.25, -0.2) is 0 Å². The fraction of sp³-hybridized carbons (Fsp3) is 0.364. The quantitative estimate of drug-likeness (QED) is 0.689. The lowest BCUT2D eigenvalue weighted by Gasteiger charge is -2.36. The number of hydrogen-bond donors (Lipinski definition) is 2. The molecule has 0 aliphatic carbocycles. The largest absolute Gasteiger partial charge is 0.496 e. The summed E-state index contributed by atoms with van der Waals surface area (Å²) in [5, 5.41) is 5.33. The summed E-state index contributed by atoms with van der Waals surface area (Å²) in [7, 11) is 1.58. The summed E-state index contributed by atoms with van der Waals surface area (Å²) in [4.78, 5) is 28.7. The van der Waals surface area contributed by atoms with Gasteiger partial charge in [-0.2, -0.15) is 0 Å². The van der Waals surface area contributed by atoms with E-state index in [4.69, 9.17) is 4.74 Å². The van der Waals surface area contributed by atoms with Crippen LogP contribution in [0.25, 0.3) is 0 Å². The summed E-state index contributed by atoms with van der Waals surface area (Å²) in [5.41, 5.74) is 2.07. The normalized spacial score (nSPS) is 14.3. The molecule has 29 heavy (non-hydrogen) atoms. The van der Waals surface area contributed by atoms with Gasteiger partial charge in [0.2, 0.25) is 0 Å². The highest BCUT2D eigenvalue weighted by Gasteiger charge is 2.18. The Morgan fingerprint density at radius 3 is 2.28 bits per heavy atom. The molecule has 0 aromatic heterocycles. The molecule has 0 radical (unpaired) electrons. The van der Waals surface area contributed by atoms with Crippen molar-refractivity contribution < 1.29 is 14.3 Å². The van der Waals surface area contributed by atoms with Gasteiger partial charge >= 0.3 is 11.8 Å². The van der Waals surface area contributed by atoms with Crippen molar-refractivity contribution in [1.29, 1.82) is 0 Å². The summed E-state index contributed by atoms with van der Waals surface area (Å²) >= 11 is 0. The van der Waals surface area contributed by atoms with Crippen LogP contribution in [0.2, 0.25) is 0 Å². The third kappa shape index (κ3) is 5.96. The predicted molar refractivity (Wildman–Crippen MR) is 113 cm³/mol. The Hall–Kier alpha value is -3.06. The van der Waals surface area contributed by atoms with Crippen LogP contribution >= 0.6 is 0 Å². The summed E-state index contributed by atoms with van der Waals surface area (Å²) in [6.45, 7) is 5.21. The van der Waals surface area contributed by atoms with Crippen LogP contribution in [0.15, 0.2) is 54.6 Å². The topological polar surface area (TPSA) is 73.9 Å². The van der Waals surface area contributed by atoms with Gasteiger partial charge in [-0.3, -0.25) is 14.5 Å². The molecule has 1 saturated heterocycles. The van der Waals surface area contributed by atoms with Crippen LogP contribution < -0.4 is 20.3 Å². The Bertz CT molecular complexity index is 805. The number of nitrogens with one attached hydrogen (secondary N) is 2. The summed E-state index contributed by atoms with van der Waals surface area (Å²) in [6, 6.07) is 17.8. The summed E-state index contributed by atoms with van der Waals surface area (Å²) in [5.74, 6) is -0.560. The second-order valence-corrected chi connectivity index (χ2v) is 6.91. The van der Waals surface area contributed by atoms with Gasteiger partial charge in [0.05, 0.1) is 7.11 Å². The first kappa shape index (κ1) is 20.7. The number of nitrogens with zero attached hydrogens (tertiary/aromatic N) is 2. The van der Waals surface area contributed by atoms with Crippen molar-refractivity contribution in [2.45, 2.75) is 6.54 Å². The first-order chi connectivity index (χ1) is 14.2. The maximum absolute atomic E-state index is 12.0. The Morgan fingerprint density at radius 2 is 1.55 bits per heavy atom. The third-order valence-corrected chi connectivity index (χ3v) is 5.05. The second-order valence-electron chi connectivity index (χ2n) is 6.91. The second kappa shape index (κ2) is 10.5. The van der Waals surface area contributed by atoms with Crippen molar-refractivity contribution in [3.8, 4) is 5.75 Å². The number of anilines is 1. The van der Waals surface area contributed by atoms with Crippen LogP contribution in [0.1, 0.15) is 5.56 Å². The van der Waals surface area contributed by atoms with Crippen molar-refractivity contribution >= 4 is 17.5 Å². The van der Waals surface area contributed by atoms with Crippen LogP contribution in [0.3, 0.4) is 0 Å². The molecule has 1 aliphatic heterocycles. The maximum atomic E-state index is 12.0. The Labute approximate surface area is 171 Å². The number of methoxy groups -OCH3 is 1. The highest BCUT2D eigenvalue weighted by Crippen LogP contribution is 2.17. The zero-order valence-corrected chi connectivity index (χ0v) is 16.8. The van der Waals surface area contributed by atoms with Crippen LogP contribution in [0.4, 0.5) is 5.69 Å². The van der Waals surface area contributed by atoms with E-state index in [9.17, 15) is 9.59 Å². The molecule has 0 unspecified atom stereocenters. The molecule has 0 saturated carbocycles. The van der Waals surface area contributed by atoms with Gasteiger partial charge in [0, 0.05) is 57.1 Å². The summed E-state index contributed by atoms with van der Waals surface area (Å²) < 4.78 is 5.25. The smallest absolute Gasteiger partial charge is 0.309 e. The lowest BCUT2D eigenvalue weighted by Crippen LogP contribution is -2.49. The average molecular weight is 396 g/mol. The molecule has 2 aromatic carbocycles. The number of carbonyl (C=O) groups excluding carboxylic acids is 2. The van der Waals surface area contributed by atoms with Gasteiger partial charge in [-0.15, -0.1) is 0 Å². The van der Waals surface area contributed by atoms with Crippen LogP contribution in [0, 0.1) is 0 Å². The Kier molecular flexibility index (Phi) is 7.47. The molecule has 0 spiro atoms. The van der Waals surface area contributed by atoms with E-state index in [0.717, 1.165) is 38.3 Å². The number of para-hydroxylation sites is 2. The molecule has 1 aliphatic rings. The van der Waals surface area contributed by atoms with Gasteiger partial charge in [0.25, 0.3) is 0 Å². The first-order valence-corrected chi connectivity index (χ1v) is 9.87. The minimum atomic E-state index is -0.634. The number of benzene rings is 2. The molecule has 1 fully saturated rings. The standard InChI is InChI=1S/C22H28N4O3/c1-29-20-10-6-5-7-18(20)17-24-22(28)21(27)23-11-12-25-13-15-26(16-14-25)19-8-3-2-4-9-19/h2-10H,11-17H2,1H3,(H,23,27)(H,24,28). The number of rotatable bonds is 7. The molecule has 2 aromatic rings. The van der Waals surface area contributed by atoms with E-state index in [1.807, 2.05) is 30.3 Å². The number of carbonyl (C=O) groups is 2. The minimum absolute atomic E-state index is 0.248. The number of hydrogen-bond acceptors (Lipinski definition) is 5. The van der Waals surface area contributed by atoms with Crippen molar-refractivity contribution in [3.63, 3.8) is 0 Å². The number of piperazine rings is 1. The Morgan fingerprint density at radius 1 is 0.897 bits per heavy atom. The Balaban J connectivity index is 1.34. The average Bonchev–Trinajstić information content (AvgIpc) is 2.78. The summed E-state index contributed by atoms with van der Waals surface area (Å²) in [6.07, 6.45) is 0. The fourth-order valence-corrected chi connectivity index (χ4v) is 3.38. The molecule has 154 valence electrons. The predicted octanol–water partition coefficient (Wildman–Crippen LogP) is 1.25. The molecule has 2 amide bonds. The molecular weight excluding hydrogens is 368 g/mol. The highest BCUT2D eigenvalue weighted by molar-refractivity contribution is 6.35. The monoisotopic (exact) mass is 396 g/mol. The third-order valence-electron chi connectivity index (χ3n) is 5.05. The van der Waals surface area contributed by atoms with Crippen molar-refractivity contribution in [1.82, 2.24) is 15.5 Å². The molecule has 7 nitrogen and oxygen atoms in total. The molecule has 0 bridgehead atoms. The number of ether oxygens (including phenoxy) is 1. The molecule has 1 heterocycles. The van der Waals surface area contributed by atoms with Gasteiger partial charge in [0.1, 0.15) is 5.75 Å². The first-order valence-electron chi connectivity index (χ1n) is 9.87. The molecule has 3 rings (SSSR count). The molecule has 7 heteroatoms. The number of amides is 2. The molecule has 0 atom stereocenters. The van der Waals surface area contributed by atoms with E-state index in [0.29, 0.717) is 12.3 Å². The van der Waals surface area contributed by atoms with E-state index in [-0.39, 0.29) is 6.54 Å². The minimum Gasteiger partial charge on any atom is -0.496 e. The van der Waals surface area contributed by atoms with Gasteiger partial charge in [-0.05, 0) is 18.2 Å². The zero-order valence-electron chi connectivity index (χ0n) is 16.8. The lowest BCUT2D eigenvalue weighted by atomic mass is 10.2. The van der Waals surface area contributed by atoms with E-state index < -0.39 is 11.8 Å². The van der Waals surface area contributed by atoms with Crippen molar-refractivity contribution in [2.75, 3.05) is 51.3 Å². The van der Waals surface area contributed by atoms with Crippen LogP contribution in [0.5, 0.6) is 5.75 Å². The van der Waals surface area contributed by atoms with Crippen LogP contribution in [-0.4, -0.2) is 63.1 Å². The van der Waals surface area contributed by atoms with Crippen molar-refractivity contribution in [3.05, 3.63) is 60.2 Å². The highest BCUT2D eigenvalue weighted by atomic mass is 16.5. The fourth-order valence-electron chi connectivity index (χ4n) is 3.38. The van der Waals surface area contributed by atoms with Gasteiger partial charge < -0.3 is 20.3 Å². The molecule has 2 N–H and O–H groups in total. The van der Waals surface area contributed by atoms with Gasteiger partial charge in [-0.1, -0.05) is 36.4 Å². The van der Waals surface area contributed by atoms with E-state index in [1.165, 1.54) is 5.69 Å². The van der Waals surface area contributed by atoms with Crippen LogP contribution in [-0.2, 0) is 16.1 Å². The SMILES string of the molecule is COc1ccccc1CNC(=O)C(=O)NCCN1CCN(c2ccccc2)CC1. The van der Waals surface area contributed by atoms with E-state index in [1.54, 1.807) is 7.11 Å². The lowest BCUT2D eigenvalue weighted by molar-refractivity contribution is -0.139. The zero-order chi connectivity index (χ0) is 20.5. The van der Waals surface area contributed by atoms with E-state index in [2.05, 4.69) is 44.7 Å². The maximum Gasteiger partial charge on any atom is 0.309 e. The molecular formula is C22H28N4O3.